The quantitative estimate of drug-likeness (QED) is 0.941. The van der Waals surface area contributed by atoms with Gasteiger partial charge in [0.25, 0.3) is 0 Å². The molecule has 2 aromatic rings. The van der Waals surface area contributed by atoms with Gasteiger partial charge in [-0.1, -0.05) is 0 Å². The van der Waals surface area contributed by atoms with Crippen LogP contribution in [0.25, 0.3) is 10.9 Å². The van der Waals surface area contributed by atoms with Crippen LogP contribution in [-0.4, -0.2) is 27.1 Å². The summed E-state index contributed by atoms with van der Waals surface area (Å²) in [5, 5.41) is 15.6. The van der Waals surface area contributed by atoms with Crippen LogP contribution in [0.4, 0.5) is 0 Å². The highest BCUT2D eigenvalue weighted by Crippen LogP contribution is 2.33. The van der Waals surface area contributed by atoms with Crippen LogP contribution < -0.4 is 4.74 Å². The van der Waals surface area contributed by atoms with Gasteiger partial charge in [-0.05, 0) is 57.1 Å². The van der Waals surface area contributed by atoms with E-state index in [-0.39, 0.29) is 6.10 Å². The first kappa shape index (κ1) is 13.1. The molecule has 1 N–H and O–H groups in total. The molecule has 0 amide bonds. The lowest BCUT2D eigenvalue weighted by atomic mass is 9.93. The van der Waals surface area contributed by atoms with Crippen LogP contribution in [0.5, 0.6) is 5.75 Å². The Balaban J connectivity index is 1.62. The number of aliphatic hydroxyl groups is 1. The zero-order chi connectivity index (χ0) is 14.4. The number of aromatic nitrogens is 2. The zero-order valence-electron chi connectivity index (χ0n) is 12.5. The molecule has 4 rings (SSSR count). The number of aliphatic hydroxyl groups excluding tert-OH is 1. The monoisotopic (exact) mass is 286 g/mol. The molecule has 1 aromatic heterocycles. The molecule has 0 saturated heterocycles. The van der Waals surface area contributed by atoms with Crippen molar-refractivity contribution in [3.8, 4) is 5.75 Å². The predicted octanol–water partition coefficient (Wildman–Crippen LogP) is 3.36. The van der Waals surface area contributed by atoms with Crippen molar-refractivity contribution < 1.29 is 9.84 Å². The molecule has 2 saturated carbocycles. The normalized spacial score (nSPS) is 26.2. The largest absolute Gasteiger partial charge is 0.490 e. The second kappa shape index (κ2) is 5.02. The highest BCUT2D eigenvalue weighted by molar-refractivity contribution is 5.81. The standard InChI is InChI=1S/C17H22N2O2/c1-11-8-12-10-19(13-2-4-14(20)5-3-13)18-16(12)9-17(11)21-15-6-7-15/h8-10,13-15,20H,2-7H2,1H3/t13-,14-. The van der Waals surface area contributed by atoms with Gasteiger partial charge in [-0.3, -0.25) is 4.68 Å². The lowest BCUT2D eigenvalue weighted by Crippen LogP contribution is -2.21. The zero-order valence-corrected chi connectivity index (χ0v) is 12.5. The van der Waals surface area contributed by atoms with E-state index in [2.05, 4.69) is 29.9 Å². The van der Waals surface area contributed by atoms with Gasteiger partial charge in [0.15, 0.2) is 0 Å². The number of rotatable bonds is 3. The molecule has 0 radical (unpaired) electrons. The van der Waals surface area contributed by atoms with Crippen molar-refractivity contribution in [3.05, 3.63) is 23.9 Å². The Morgan fingerprint density at radius 1 is 1.14 bits per heavy atom. The molecule has 2 fully saturated rings. The SMILES string of the molecule is Cc1cc2cn([C@H]3CC[C@H](O)CC3)nc2cc1OC1CC1. The number of hydrogen-bond acceptors (Lipinski definition) is 3. The van der Waals surface area contributed by atoms with Gasteiger partial charge >= 0.3 is 0 Å². The number of nitrogens with zero attached hydrogens (tertiary/aromatic N) is 2. The van der Waals surface area contributed by atoms with Gasteiger partial charge in [-0.2, -0.15) is 5.10 Å². The summed E-state index contributed by atoms with van der Waals surface area (Å²) in [6.07, 6.45) is 8.60. The molecule has 2 aliphatic rings. The van der Waals surface area contributed by atoms with Gasteiger partial charge in [-0.25, -0.2) is 0 Å². The summed E-state index contributed by atoms with van der Waals surface area (Å²) < 4.78 is 8.04. The summed E-state index contributed by atoms with van der Waals surface area (Å²) in [5.74, 6) is 0.981. The Hall–Kier alpha value is -1.55. The van der Waals surface area contributed by atoms with E-state index in [1.807, 2.05) is 0 Å². The number of hydrogen-bond donors (Lipinski definition) is 1. The van der Waals surface area contributed by atoms with Crippen LogP contribution in [0.1, 0.15) is 50.1 Å². The third kappa shape index (κ3) is 2.64. The van der Waals surface area contributed by atoms with E-state index >= 15 is 0 Å². The highest BCUT2D eigenvalue weighted by Gasteiger charge is 2.25. The fourth-order valence-corrected chi connectivity index (χ4v) is 3.19. The maximum absolute atomic E-state index is 9.63. The van der Waals surface area contributed by atoms with Crippen molar-refractivity contribution in [2.24, 2.45) is 0 Å². The molecular formula is C17H22N2O2. The van der Waals surface area contributed by atoms with Crippen molar-refractivity contribution in [2.75, 3.05) is 0 Å². The molecule has 112 valence electrons. The minimum atomic E-state index is -0.119. The summed E-state index contributed by atoms with van der Waals surface area (Å²) >= 11 is 0. The Labute approximate surface area is 124 Å². The summed E-state index contributed by atoms with van der Waals surface area (Å²) in [6, 6.07) is 4.68. The van der Waals surface area contributed by atoms with Crippen molar-refractivity contribution in [1.82, 2.24) is 9.78 Å². The van der Waals surface area contributed by atoms with E-state index in [4.69, 9.17) is 9.84 Å². The van der Waals surface area contributed by atoms with Gasteiger partial charge in [-0.15, -0.1) is 0 Å². The molecule has 0 unspecified atom stereocenters. The smallest absolute Gasteiger partial charge is 0.124 e. The van der Waals surface area contributed by atoms with Crippen molar-refractivity contribution in [3.63, 3.8) is 0 Å². The lowest BCUT2D eigenvalue weighted by molar-refractivity contribution is 0.108. The molecule has 0 spiro atoms. The van der Waals surface area contributed by atoms with E-state index in [9.17, 15) is 5.11 Å². The summed E-state index contributed by atoms with van der Waals surface area (Å²) in [4.78, 5) is 0. The Morgan fingerprint density at radius 3 is 2.62 bits per heavy atom. The van der Waals surface area contributed by atoms with E-state index in [1.54, 1.807) is 0 Å². The molecule has 0 aliphatic heterocycles. The maximum Gasteiger partial charge on any atom is 0.124 e. The van der Waals surface area contributed by atoms with Gasteiger partial charge in [0.1, 0.15) is 5.75 Å². The molecule has 4 nitrogen and oxygen atoms in total. The van der Waals surface area contributed by atoms with E-state index in [0.29, 0.717) is 12.1 Å². The van der Waals surface area contributed by atoms with Crippen molar-refractivity contribution in [2.45, 2.75) is 63.7 Å². The molecule has 21 heavy (non-hydrogen) atoms. The van der Waals surface area contributed by atoms with Crippen LogP contribution >= 0.6 is 0 Å². The van der Waals surface area contributed by atoms with Crippen molar-refractivity contribution >= 4 is 10.9 Å². The van der Waals surface area contributed by atoms with Gasteiger partial charge < -0.3 is 9.84 Å². The molecular weight excluding hydrogens is 264 g/mol. The second-order valence-electron chi connectivity index (χ2n) is 6.57. The average molecular weight is 286 g/mol. The second-order valence-corrected chi connectivity index (χ2v) is 6.57. The molecule has 0 bridgehead atoms. The Morgan fingerprint density at radius 2 is 1.90 bits per heavy atom. The molecule has 1 heterocycles. The van der Waals surface area contributed by atoms with Crippen LogP contribution in [0.15, 0.2) is 18.3 Å². The molecule has 0 atom stereocenters. The maximum atomic E-state index is 9.63. The van der Waals surface area contributed by atoms with E-state index < -0.39 is 0 Å². The van der Waals surface area contributed by atoms with E-state index in [1.165, 1.54) is 23.8 Å². The van der Waals surface area contributed by atoms with E-state index in [0.717, 1.165) is 36.9 Å². The minimum absolute atomic E-state index is 0.119. The first-order valence-electron chi connectivity index (χ1n) is 8.03. The number of aryl methyl sites for hydroxylation is 1. The first-order valence-corrected chi connectivity index (χ1v) is 8.03. The third-order valence-electron chi connectivity index (χ3n) is 4.68. The van der Waals surface area contributed by atoms with Gasteiger partial charge in [0.2, 0.25) is 0 Å². The number of fused-ring (bicyclic) bond motifs is 1. The van der Waals surface area contributed by atoms with Gasteiger partial charge in [0, 0.05) is 17.6 Å². The van der Waals surface area contributed by atoms with Crippen molar-refractivity contribution in [1.29, 1.82) is 0 Å². The summed E-state index contributed by atoms with van der Waals surface area (Å²) in [6.45, 7) is 2.10. The highest BCUT2D eigenvalue weighted by atomic mass is 16.5. The van der Waals surface area contributed by atoms with Crippen LogP contribution in [0, 0.1) is 6.92 Å². The third-order valence-corrected chi connectivity index (χ3v) is 4.68. The van der Waals surface area contributed by atoms with Gasteiger partial charge in [0.05, 0.1) is 23.8 Å². The van der Waals surface area contributed by atoms with Crippen LogP contribution in [0.2, 0.25) is 0 Å². The fraction of sp³-hybridized carbons (Fsp3) is 0.588. The summed E-state index contributed by atoms with van der Waals surface area (Å²) in [5.41, 5.74) is 2.20. The molecule has 1 aromatic carbocycles. The predicted molar refractivity (Wildman–Crippen MR) is 81.6 cm³/mol. The lowest BCUT2D eigenvalue weighted by Gasteiger charge is -2.25. The minimum Gasteiger partial charge on any atom is -0.490 e. The molecule has 4 heteroatoms. The first-order chi connectivity index (χ1) is 10.2. The topological polar surface area (TPSA) is 47.3 Å². The average Bonchev–Trinajstić information content (AvgIpc) is 3.19. The Bertz CT molecular complexity index is 652. The molecule has 2 aliphatic carbocycles. The van der Waals surface area contributed by atoms with Crippen LogP contribution in [0.3, 0.4) is 0 Å². The van der Waals surface area contributed by atoms with Crippen LogP contribution in [-0.2, 0) is 0 Å². The fourth-order valence-electron chi connectivity index (χ4n) is 3.19. The Kier molecular flexibility index (Phi) is 3.14. The number of ether oxygens (including phenoxy) is 1. The number of benzene rings is 1. The summed E-state index contributed by atoms with van der Waals surface area (Å²) in [7, 11) is 0.